The van der Waals surface area contributed by atoms with Crippen molar-refractivity contribution in [3.8, 4) is 0 Å². The molecule has 0 aliphatic carbocycles. The molecule has 138 valence electrons. The van der Waals surface area contributed by atoms with Crippen LogP contribution in [0.4, 0.5) is 0 Å². The number of hydrogen-bond donors (Lipinski definition) is 1. The number of imidazole rings is 1. The number of furan rings is 1. The van der Waals surface area contributed by atoms with Crippen LogP contribution in [-0.4, -0.2) is 30.1 Å². The molecule has 0 bridgehead atoms. The van der Waals surface area contributed by atoms with Crippen LogP contribution in [0.2, 0.25) is 0 Å². The first-order valence-corrected chi connectivity index (χ1v) is 9.46. The fourth-order valence-electron chi connectivity index (χ4n) is 2.76. The zero-order valence-electron chi connectivity index (χ0n) is 14.5. The van der Waals surface area contributed by atoms with Crippen LogP contribution in [0.5, 0.6) is 0 Å². The van der Waals surface area contributed by atoms with E-state index in [0.29, 0.717) is 24.5 Å². The van der Waals surface area contributed by atoms with Gasteiger partial charge in [0.15, 0.2) is 5.16 Å². The number of nitrogens with two attached hydrogens (primary N) is 1. The van der Waals surface area contributed by atoms with Gasteiger partial charge in [-0.1, -0.05) is 17.8 Å². The van der Waals surface area contributed by atoms with Gasteiger partial charge in [0.1, 0.15) is 17.2 Å². The predicted molar refractivity (Wildman–Crippen MR) is 100 cm³/mol. The van der Waals surface area contributed by atoms with Gasteiger partial charge in [0, 0.05) is 31.0 Å². The van der Waals surface area contributed by atoms with E-state index in [2.05, 4.69) is 15.2 Å². The Morgan fingerprint density at radius 2 is 2.15 bits per heavy atom. The molecule has 0 spiro atoms. The summed E-state index contributed by atoms with van der Waals surface area (Å²) in [6.07, 6.45) is 6.28. The standard InChI is InChI=1S/C18H18N6O2S/c19-15(25)6-7-17-21-22-18(24(17)11-14-4-3-9-26-14)27-12-13-10-23-8-2-1-5-16(23)20-13/h1-5,8-10H,6-7,11-12H2,(H2,19,25). The smallest absolute Gasteiger partial charge is 0.217 e. The van der Waals surface area contributed by atoms with Crippen molar-refractivity contribution in [1.29, 1.82) is 0 Å². The second-order valence-electron chi connectivity index (χ2n) is 6.02. The summed E-state index contributed by atoms with van der Waals surface area (Å²) in [5.41, 5.74) is 7.14. The lowest BCUT2D eigenvalue weighted by atomic mass is 10.3. The van der Waals surface area contributed by atoms with Gasteiger partial charge in [-0.25, -0.2) is 4.98 Å². The molecule has 4 aromatic rings. The maximum absolute atomic E-state index is 11.1. The summed E-state index contributed by atoms with van der Waals surface area (Å²) >= 11 is 1.55. The van der Waals surface area contributed by atoms with Crippen molar-refractivity contribution < 1.29 is 9.21 Å². The van der Waals surface area contributed by atoms with Crippen LogP contribution in [0.25, 0.3) is 5.65 Å². The number of aryl methyl sites for hydroxylation is 1. The van der Waals surface area contributed by atoms with E-state index in [4.69, 9.17) is 10.2 Å². The molecule has 0 aliphatic rings. The van der Waals surface area contributed by atoms with E-state index in [1.807, 2.05) is 51.7 Å². The number of carbonyl (C=O) groups is 1. The third kappa shape index (κ3) is 4.03. The largest absolute Gasteiger partial charge is 0.467 e. The molecule has 1 amide bonds. The minimum Gasteiger partial charge on any atom is -0.467 e. The number of thioether (sulfide) groups is 1. The number of rotatable bonds is 8. The normalized spacial score (nSPS) is 11.3. The van der Waals surface area contributed by atoms with Crippen molar-refractivity contribution >= 4 is 23.3 Å². The number of carbonyl (C=O) groups excluding carboxylic acids is 1. The van der Waals surface area contributed by atoms with Crippen molar-refractivity contribution in [3.05, 3.63) is 66.3 Å². The second kappa shape index (κ2) is 7.67. The van der Waals surface area contributed by atoms with Crippen molar-refractivity contribution in [2.75, 3.05) is 0 Å². The Hall–Kier alpha value is -3.07. The highest BCUT2D eigenvalue weighted by Crippen LogP contribution is 2.23. The van der Waals surface area contributed by atoms with E-state index in [1.54, 1.807) is 18.0 Å². The van der Waals surface area contributed by atoms with E-state index < -0.39 is 0 Å². The molecule has 2 N–H and O–H groups in total. The second-order valence-corrected chi connectivity index (χ2v) is 6.96. The first-order valence-electron chi connectivity index (χ1n) is 8.47. The number of aromatic nitrogens is 5. The van der Waals surface area contributed by atoms with Crippen molar-refractivity contribution in [2.24, 2.45) is 5.73 Å². The van der Waals surface area contributed by atoms with Crippen LogP contribution < -0.4 is 5.73 Å². The minimum atomic E-state index is -0.360. The Morgan fingerprint density at radius 1 is 1.22 bits per heavy atom. The number of nitrogens with zero attached hydrogens (tertiary/aromatic N) is 5. The average Bonchev–Trinajstić information content (AvgIpc) is 3.38. The summed E-state index contributed by atoms with van der Waals surface area (Å²) < 4.78 is 9.40. The molecule has 0 saturated heterocycles. The summed E-state index contributed by atoms with van der Waals surface area (Å²) in [7, 11) is 0. The maximum Gasteiger partial charge on any atom is 0.217 e. The molecule has 0 saturated carbocycles. The highest BCUT2D eigenvalue weighted by molar-refractivity contribution is 7.98. The summed E-state index contributed by atoms with van der Waals surface area (Å²) in [5.74, 6) is 1.81. The van der Waals surface area contributed by atoms with Gasteiger partial charge in [0.05, 0.1) is 18.5 Å². The molecule has 0 fully saturated rings. The molecular formula is C18H18N6O2S. The monoisotopic (exact) mass is 382 g/mol. The Kier molecular flexibility index (Phi) is 4.93. The highest BCUT2D eigenvalue weighted by Gasteiger charge is 2.15. The van der Waals surface area contributed by atoms with E-state index in [9.17, 15) is 4.79 Å². The average molecular weight is 382 g/mol. The van der Waals surface area contributed by atoms with Gasteiger partial charge in [0.2, 0.25) is 5.91 Å². The molecule has 0 radical (unpaired) electrons. The van der Waals surface area contributed by atoms with Gasteiger partial charge in [0.25, 0.3) is 0 Å². The topological polar surface area (TPSA) is 104 Å². The van der Waals surface area contributed by atoms with Gasteiger partial charge in [-0.2, -0.15) is 0 Å². The number of pyridine rings is 1. The molecular weight excluding hydrogens is 364 g/mol. The predicted octanol–water partition coefficient (Wildman–Crippen LogP) is 2.28. The summed E-state index contributed by atoms with van der Waals surface area (Å²) in [6.45, 7) is 0.502. The quantitative estimate of drug-likeness (QED) is 0.469. The lowest BCUT2D eigenvalue weighted by Gasteiger charge is -2.07. The van der Waals surface area contributed by atoms with Crippen LogP contribution >= 0.6 is 11.8 Å². The van der Waals surface area contributed by atoms with Crippen LogP contribution in [0.15, 0.2) is 58.6 Å². The Morgan fingerprint density at radius 3 is 2.93 bits per heavy atom. The number of fused-ring (bicyclic) bond motifs is 1. The van der Waals surface area contributed by atoms with Crippen LogP contribution in [0, 0.1) is 0 Å². The Balaban J connectivity index is 1.54. The molecule has 0 unspecified atom stereocenters. The summed E-state index contributed by atoms with van der Waals surface area (Å²) in [5, 5.41) is 9.28. The van der Waals surface area contributed by atoms with Crippen LogP contribution in [0.3, 0.4) is 0 Å². The maximum atomic E-state index is 11.1. The highest BCUT2D eigenvalue weighted by atomic mass is 32.2. The number of amides is 1. The third-order valence-electron chi connectivity index (χ3n) is 4.05. The first kappa shape index (κ1) is 17.3. The number of primary amides is 1. The van der Waals surface area contributed by atoms with Crippen molar-refractivity contribution in [2.45, 2.75) is 30.3 Å². The Labute approximate surface area is 159 Å². The zero-order chi connectivity index (χ0) is 18.6. The van der Waals surface area contributed by atoms with E-state index in [-0.39, 0.29) is 12.3 Å². The van der Waals surface area contributed by atoms with E-state index in [1.165, 1.54) is 0 Å². The molecule has 4 rings (SSSR count). The van der Waals surface area contributed by atoms with Gasteiger partial charge in [-0.15, -0.1) is 10.2 Å². The Bertz CT molecular complexity index is 1020. The fraction of sp³-hybridized carbons (Fsp3) is 0.222. The SMILES string of the molecule is NC(=O)CCc1nnc(SCc2cn3ccccc3n2)n1Cc1ccco1. The van der Waals surface area contributed by atoms with E-state index >= 15 is 0 Å². The molecule has 0 aromatic carbocycles. The summed E-state index contributed by atoms with van der Waals surface area (Å²) in [6, 6.07) is 9.64. The lowest BCUT2D eigenvalue weighted by molar-refractivity contribution is -0.118. The lowest BCUT2D eigenvalue weighted by Crippen LogP contribution is -2.14. The first-order chi connectivity index (χ1) is 13.2. The molecule has 27 heavy (non-hydrogen) atoms. The van der Waals surface area contributed by atoms with Gasteiger partial charge in [-0.05, 0) is 24.3 Å². The molecule has 4 heterocycles. The zero-order valence-corrected chi connectivity index (χ0v) is 15.3. The molecule has 0 atom stereocenters. The molecule has 0 aliphatic heterocycles. The van der Waals surface area contributed by atoms with Gasteiger partial charge >= 0.3 is 0 Å². The number of hydrogen-bond acceptors (Lipinski definition) is 6. The molecule has 8 nitrogen and oxygen atoms in total. The van der Waals surface area contributed by atoms with Crippen LogP contribution in [0.1, 0.15) is 23.7 Å². The third-order valence-corrected chi connectivity index (χ3v) is 5.05. The van der Waals surface area contributed by atoms with Crippen molar-refractivity contribution in [3.63, 3.8) is 0 Å². The fourth-order valence-corrected chi connectivity index (χ4v) is 3.60. The van der Waals surface area contributed by atoms with Crippen molar-refractivity contribution in [1.82, 2.24) is 24.1 Å². The van der Waals surface area contributed by atoms with E-state index in [0.717, 1.165) is 22.3 Å². The minimum absolute atomic E-state index is 0.230. The molecule has 4 aromatic heterocycles. The summed E-state index contributed by atoms with van der Waals surface area (Å²) in [4.78, 5) is 15.7. The van der Waals surface area contributed by atoms with Gasteiger partial charge in [-0.3, -0.25) is 9.36 Å². The van der Waals surface area contributed by atoms with Crippen LogP contribution in [-0.2, 0) is 23.5 Å². The molecule has 9 heteroatoms. The van der Waals surface area contributed by atoms with Gasteiger partial charge < -0.3 is 14.6 Å².